The molecule has 0 saturated carbocycles. The molecule has 0 heterocycles. The summed E-state index contributed by atoms with van der Waals surface area (Å²) >= 11 is 0. The van der Waals surface area contributed by atoms with E-state index in [1.807, 2.05) is 78.9 Å². The van der Waals surface area contributed by atoms with Gasteiger partial charge in [0.2, 0.25) is 0 Å². The molecule has 0 aliphatic carbocycles. The minimum absolute atomic E-state index is 0.304. The van der Waals surface area contributed by atoms with E-state index >= 15 is 0 Å². The summed E-state index contributed by atoms with van der Waals surface area (Å²) in [7, 11) is 1.33. The Morgan fingerprint density at radius 3 is 2.13 bits per heavy atom. The van der Waals surface area contributed by atoms with Gasteiger partial charge in [0.25, 0.3) is 5.91 Å². The zero-order valence-electron chi connectivity index (χ0n) is 17.2. The van der Waals surface area contributed by atoms with Crippen molar-refractivity contribution >= 4 is 22.6 Å². The Hall–Kier alpha value is -3.92. The third-order valence-electron chi connectivity index (χ3n) is 5.30. The number of carbonyl (C=O) groups is 2. The van der Waals surface area contributed by atoms with Crippen molar-refractivity contribution in [3.8, 4) is 11.1 Å². The van der Waals surface area contributed by atoms with E-state index in [0.717, 1.165) is 27.5 Å². The molecule has 1 atom stereocenters. The number of hydrogen-bond acceptors (Lipinski definition) is 3. The summed E-state index contributed by atoms with van der Waals surface area (Å²) < 4.78 is 4.93. The van der Waals surface area contributed by atoms with Crippen LogP contribution in [0.3, 0.4) is 0 Å². The molecule has 0 bridgehead atoms. The van der Waals surface area contributed by atoms with Crippen LogP contribution in [0.4, 0.5) is 0 Å². The summed E-state index contributed by atoms with van der Waals surface area (Å²) in [4.78, 5) is 25.2. The second-order valence-corrected chi connectivity index (χ2v) is 7.38. The van der Waals surface area contributed by atoms with Crippen molar-refractivity contribution in [2.75, 3.05) is 7.11 Å². The first-order valence-corrected chi connectivity index (χ1v) is 10.2. The summed E-state index contributed by atoms with van der Waals surface area (Å²) in [6, 6.07) is 30.6. The maximum atomic E-state index is 12.8. The average molecular weight is 409 g/mol. The van der Waals surface area contributed by atoms with Crippen molar-refractivity contribution in [3.05, 3.63) is 108 Å². The van der Waals surface area contributed by atoms with Crippen LogP contribution in [0.5, 0.6) is 0 Å². The minimum atomic E-state index is -0.772. The minimum Gasteiger partial charge on any atom is -0.467 e. The molecule has 0 aliphatic heterocycles. The molecule has 0 saturated heterocycles. The Morgan fingerprint density at radius 2 is 1.42 bits per heavy atom. The molecular formula is C27H23NO3. The van der Waals surface area contributed by atoms with Crippen molar-refractivity contribution in [1.82, 2.24) is 5.32 Å². The van der Waals surface area contributed by atoms with Crippen LogP contribution in [0.15, 0.2) is 97.1 Å². The lowest BCUT2D eigenvalue weighted by Gasteiger charge is -2.17. The molecule has 0 fully saturated rings. The van der Waals surface area contributed by atoms with Gasteiger partial charge < -0.3 is 10.1 Å². The Morgan fingerprint density at radius 1 is 0.774 bits per heavy atom. The smallest absolute Gasteiger partial charge is 0.328 e. The number of carbonyl (C=O) groups excluding carboxylic acids is 2. The number of nitrogens with one attached hydrogen (secondary N) is 1. The molecule has 4 heteroatoms. The van der Waals surface area contributed by atoms with Gasteiger partial charge in [0.05, 0.1) is 7.11 Å². The molecule has 0 aromatic heterocycles. The van der Waals surface area contributed by atoms with Gasteiger partial charge >= 0.3 is 5.97 Å². The normalized spacial score (nSPS) is 11.6. The number of benzene rings is 4. The predicted octanol–water partition coefficient (Wildman–Crippen LogP) is 5.02. The maximum absolute atomic E-state index is 12.8. The predicted molar refractivity (Wildman–Crippen MR) is 123 cm³/mol. The van der Waals surface area contributed by atoms with Crippen LogP contribution in [0.25, 0.3) is 21.9 Å². The Labute approximate surface area is 181 Å². The lowest BCUT2D eigenvalue weighted by Crippen LogP contribution is -2.43. The van der Waals surface area contributed by atoms with E-state index in [9.17, 15) is 9.59 Å². The van der Waals surface area contributed by atoms with Gasteiger partial charge in [-0.2, -0.15) is 0 Å². The lowest BCUT2D eigenvalue weighted by molar-refractivity contribution is -0.142. The number of hydrogen-bond donors (Lipinski definition) is 1. The number of rotatable bonds is 6. The molecule has 1 N–H and O–H groups in total. The van der Waals surface area contributed by atoms with Gasteiger partial charge in [0.15, 0.2) is 0 Å². The number of amides is 1. The van der Waals surface area contributed by atoms with E-state index in [1.54, 1.807) is 6.07 Å². The fourth-order valence-corrected chi connectivity index (χ4v) is 3.61. The lowest BCUT2D eigenvalue weighted by atomic mass is 10.0. The molecule has 154 valence electrons. The van der Waals surface area contributed by atoms with Crippen LogP contribution in [0.1, 0.15) is 15.9 Å². The Kier molecular flexibility index (Phi) is 6.08. The SMILES string of the molecule is COC(=O)[C@H](Cc1ccc(-c2ccccc2)cc1)NC(=O)c1ccc2ccccc2c1. The Bertz CT molecular complexity index is 1200. The first-order valence-electron chi connectivity index (χ1n) is 10.2. The van der Waals surface area contributed by atoms with Gasteiger partial charge in [-0.1, -0.05) is 84.9 Å². The Balaban J connectivity index is 1.50. The summed E-state index contributed by atoms with van der Waals surface area (Å²) in [5.74, 6) is -0.775. The molecule has 31 heavy (non-hydrogen) atoms. The zero-order chi connectivity index (χ0) is 21.6. The molecule has 4 aromatic rings. The van der Waals surface area contributed by atoms with Crippen LogP contribution in [-0.4, -0.2) is 25.0 Å². The highest BCUT2D eigenvalue weighted by Crippen LogP contribution is 2.20. The molecule has 0 aliphatic rings. The first kappa shape index (κ1) is 20.4. The van der Waals surface area contributed by atoms with E-state index in [-0.39, 0.29) is 5.91 Å². The van der Waals surface area contributed by atoms with Crippen molar-refractivity contribution in [2.24, 2.45) is 0 Å². The van der Waals surface area contributed by atoms with Crippen molar-refractivity contribution in [3.63, 3.8) is 0 Å². The summed E-state index contributed by atoms with van der Waals surface area (Å²) in [6.45, 7) is 0. The molecule has 4 nitrogen and oxygen atoms in total. The van der Waals surface area contributed by atoms with E-state index in [1.165, 1.54) is 7.11 Å². The van der Waals surface area contributed by atoms with Crippen LogP contribution in [0.2, 0.25) is 0 Å². The van der Waals surface area contributed by atoms with E-state index in [0.29, 0.717) is 12.0 Å². The van der Waals surface area contributed by atoms with Gasteiger partial charge in [-0.3, -0.25) is 4.79 Å². The highest BCUT2D eigenvalue weighted by atomic mass is 16.5. The number of methoxy groups -OCH3 is 1. The second-order valence-electron chi connectivity index (χ2n) is 7.38. The van der Waals surface area contributed by atoms with E-state index in [2.05, 4.69) is 17.4 Å². The first-order chi connectivity index (χ1) is 15.1. The number of esters is 1. The largest absolute Gasteiger partial charge is 0.467 e. The average Bonchev–Trinajstić information content (AvgIpc) is 2.83. The molecule has 0 unspecified atom stereocenters. The molecule has 1 amide bonds. The maximum Gasteiger partial charge on any atom is 0.328 e. The molecule has 4 rings (SSSR count). The second kappa shape index (κ2) is 9.26. The highest BCUT2D eigenvalue weighted by Gasteiger charge is 2.22. The van der Waals surface area contributed by atoms with Gasteiger partial charge in [-0.25, -0.2) is 4.79 Å². The van der Waals surface area contributed by atoms with E-state index < -0.39 is 12.0 Å². The molecule has 0 spiro atoms. The van der Waals surface area contributed by atoms with Gasteiger partial charge in [-0.15, -0.1) is 0 Å². The van der Waals surface area contributed by atoms with Crippen LogP contribution >= 0.6 is 0 Å². The number of fused-ring (bicyclic) bond motifs is 1. The summed E-state index contributed by atoms with van der Waals surface area (Å²) in [5, 5.41) is 4.86. The van der Waals surface area contributed by atoms with Crippen LogP contribution in [-0.2, 0) is 16.0 Å². The number of ether oxygens (including phenoxy) is 1. The van der Waals surface area contributed by atoms with Crippen LogP contribution in [0, 0.1) is 0 Å². The van der Waals surface area contributed by atoms with Crippen molar-refractivity contribution in [1.29, 1.82) is 0 Å². The standard InChI is InChI=1S/C27H23NO3/c1-31-27(30)25(17-19-11-13-22(14-12-19)20-7-3-2-4-8-20)28-26(29)24-16-15-21-9-5-6-10-23(21)18-24/h2-16,18,25H,17H2,1H3,(H,28,29)/t25-/m0/s1. The monoisotopic (exact) mass is 409 g/mol. The molecule has 4 aromatic carbocycles. The summed E-state index contributed by atoms with van der Waals surface area (Å²) in [6.07, 6.45) is 0.348. The highest BCUT2D eigenvalue weighted by molar-refractivity contribution is 6.00. The molecular weight excluding hydrogens is 386 g/mol. The fraction of sp³-hybridized carbons (Fsp3) is 0.111. The quantitative estimate of drug-likeness (QED) is 0.455. The van der Waals surface area contributed by atoms with Gasteiger partial charge in [0, 0.05) is 12.0 Å². The third-order valence-corrected chi connectivity index (χ3v) is 5.30. The van der Waals surface area contributed by atoms with E-state index in [4.69, 9.17) is 4.74 Å². The van der Waals surface area contributed by atoms with Gasteiger partial charge in [0.1, 0.15) is 6.04 Å². The molecule has 0 radical (unpaired) electrons. The van der Waals surface area contributed by atoms with Crippen molar-refractivity contribution < 1.29 is 14.3 Å². The van der Waals surface area contributed by atoms with Crippen LogP contribution < -0.4 is 5.32 Å². The van der Waals surface area contributed by atoms with Gasteiger partial charge in [-0.05, 0) is 39.6 Å². The summed E-state index contributed by atoms with van der Waals surface area (Å²) in [5.41, 5.74) is 3.67. The topological polar surface area (TPSA) is 55.4 Å². The van der Waals surface area contributed by atoms with Crippen molar-refractivity contribution in [2.45, 2.75) is 12.5 Å². The zero-order valence-corrected chi connectivity index (χ0v) is 17.2. The fourth-order valence-electron chi connectivity index (χ4n) is 3.61. The third kappa shape index (κ3) is 4.81.